The first kappa shape index (κ1) is 15.7. The van der Waals surface area contributed by atoms with Crippen LogP contribution in [-0.2, 0) is 11.0 Å². The minimum atomic E-state index is -4.43. The van der Waals surface area contributed by atoms with Crippen molar-refractivity contribution in [2.24, 2.45) is 5.92 Å². The molecule has 1 aliphatic rings. The normalized spacial score (nSPS) is 16.5. The maximum atomic E-state index is 12.8. The van der Waals surface area contributed by atoms with Gasteiger partial charge >= 0.3 is 6.18 Å². The van der Waals surface area contributed by atoms with Crippen molar-refractivity contribution >= 4 is 22.6 Å². The van der Waals surface area contributed by atoms with Gasteiger partial charge in [0, 0.05) is 11.3 Å². The third kappa shape index (κ3) is 3.43. The van der Waals surface area contributed by atoms with E-state index in [0.717, 1.165) is 44.2 Å². The maximum Gasteiger partial charge on any atom is 0.416 e. The van der Waals surface area contributed by atoms with Crippen molar-refractivity contribution < 1.29 is 18.0 Å². The van der Waals surface area contributed by atoms with E-state index in [4.69, 9.17) is 0 Å². The lowest BCUT2D eigenvalue weighted by Crippen LogP contribution is -2.25. The Morgan fingerprint density at radius 2 is 1.87 bits per heavy atom. The number of hydrogen-bond donors (Lipinski definition) is 1. The van der Waals surface area contributed by atoms with Crippen molar-refractivity contribution in [2.45, 2.75) is 38.3 Å². The number of rotatable bonds is 2. The lowest BCUT2D eigenvalue weighted by molar-refractivity contribution is -0.137. The molecule has 1 aromatic carbocycles. The number of aromatic nitrogens is 2. The average molecular weight is 323 g/mol. The maximum absolute atomic E-state index is 12.8. The van der Waals surface area contributed by atoms with Gasteiger partial charge in [-0.3, -0.25) is 4.79 Å². The SMILES string of the molecule is O=C(Nc1ncnc2cc(C(F)(F)F)ccc12)C1CCCCC1. The summed E-state index contributed by atoms with van der Waals surface area (Å²) in [4.78, 5) is 20.2. The molecule has 0 atom stereocenters. The molecule has 0 unspecified atom stereocenters. The zero-order chi connectivity index (χ0) is 16.4. The smallest absolute Gasteiger partial charge is 0.310 e. The Labute approximate surface area is 131 Å². The molecule has 0 saturated heterocycles. The van der Waals surface area contributed by atoms with Gasteiger partial charge in [-0.25, -0.2) is 9.97 Å². The van der Waals surface area contributed by atoms with Crippen molar-refractivity contribution in [3.05, 3.63) is 30.1 Å². The Morgan fingerprint density at radius 1 is 1.13 bits per heavy atom. The first-order valence-corrected chi connectivity index (χ1v) is 7.58. The molecule has 1 aromatic heterocycles. The Balaban J connectivity index is 1.87. The predicted molar refractivity (Wildman–Crippen MR) is 79.7 cm³/mol. The van der Waals surface area contributed by atoms with Gasteiger partial charge in [-0.2, -0.15) is 13.2 Å². The number of benzene rings is 1. The van der Waals surface area contributed by atoms with Gasteiger partial charge in [-0.1, -0.05) is 19.3 Å². The van der Waals surface area contributed by atoms with Crippen LogP contribution in [0.2, 0.25) is 0 Å². The molecule has 23 heavy (non-hydrogen) atoms. The number of halogens is 3. The van der Waals surface area contributed by atoms with Gasteiger partial charge in [-0.05, 0) is 31.0 Å². The molecule has 1 aliphatic carbocycles. The van der Waals surface area contributed by atoms with E-state index in [1.54, 1.807) is 0 Å². The zero-order valence-electron chi connectivity index (χ0n) is 12.4. The second-order valence-corrected chi connectivity index (χ2v) is 5.78. The number of amides is 1. The van der Waals surface area contributed by atoms with E-state index in [0.29, 0.717) is 5.39 Å². The van der Waals surface area contributed by atoms with Crippen LogP contribution in [0.15, 0.2) is 24.5 Å². The lowest BCUT2D eigenvalue weighted by atomic mass is 9.88. The summed E-state index contributed by atoms with van der Waals surface area (Å²) < 4.78 is 38.3. The summed E-state index contributed by atoms with van der Waals surface area (Å²) in [6.45, 7) is 0. The van der Waals surface area contributed by atoms with E-state index in [1.165, 1.54) is 12.4 Å². The molecule has 0 radical (unpaired) electrons. The van der Waals surface area contributed by atoms with Crippen molar-refractivity contribution in [3.8, 4) is 0 Å². The molecule has 0 bridgehead atoms. The van der Waals surface area contributed by atoms with Gasteiger partial charge in [0.05, 0.1) is 11.1 Å². The topological polar surface area (TPSA) is 54.9 Å². The van der Waals surface area contributed by atoms with Gasteiger partial charge in [0.15, 0.2) is 0 Å². The summed E-state index contributed by atoms with van der Waals surface area (Å²) in [6, 6.07) is 3.24. The van der Waals surface area contributed by atoms with Gasteiger partial charge < -0.3 is 5.32 Å². The molecule has 2 aromatic rings. The van der Waals surface area contributed by atoms with E-state index in [-0.39, 0.29) is 23.2 Å². The molecule has 1 N–H and O–H groups in total. The number of anilines is 1. The van der Waals surface area contributed by atoms with Crippen LogP contribution in [0, 0.1) is 5.92 Å². The highest BCUT2D eigenvalue weighted by atomic mass is 19.4. The van der Waals surface area contributed by atoms with Crippen LogP contribution in [0.1, 0.15) is 37.7 Å². The minimum Gasteiger partial charge on any atom is -0.310 e. The number of hydrogen-bond acceptors (Lipinski definition) is 3. The minimum absolute atomic E-state index is 0.0526. The fourth-order valence-electron chi connectivity index (χ4n) is 2.92. The van der Waals surface area contributed by atoms with Gasteiger partial charge in [0.25, 0.3) is 0 Å². The van der Waals surface area contributed by atoms with E-state index in [2.05, 4.69) is 15.3 Å². The molecule has 1 saturated carbocycles. The second-order valence-electron chi connectivity index (χ2n) is 5.78. The number of nitrogens with one attached hydrogen (secondary N) is 1. The second kappa shape index (κ2) is 6.14. The Hall–Kier alpha value is -2.18. The number of carbonyl (C=O) groups is 1. The van der Waals surface area contributed by atoms with E-state index >= 15 is 0 Å². The first-order valence-electron chi connectivity index (χ1n) is 7.58. The predicted octanol–water partition coefficient (Wildman–Crippen LogP) is 4.17. The molecule has 0 spiro atoms. The summed E-state index contributed by atoms with van der Waals surface area (Å²) in [6.07, 6.45) is 1.61. The van der Waals surface area contributed by atoms with Crippen molar-refractivity contribution in [1.29, 1.82) is 0 Å². The number of fused-ring (bicyclic) bond motifs is 1. The van der Waals surface area contributed by atoms with E-state index in [9.17, 15) is 18.0 Å². The van der Waals surface area contributed by atoms with E-state index in [1.807, 2.05) is 0 Å². The fraction of sp³-hybridized carbons (Fsp3) is 0.438. The molecular weight excluding hydrogens is 307 g/mol. The molecule has 0 aliphatic heterocycles. The van der Waals surface area contributed by atoms with Crippen LogP contribution in [0.5, 0.6) is 0 Å². The Bertz CT molecular complexity index is 724. The van der Waals surface area contributed by atoms with Crippen LogP contribution in [0.3, 0.4) is 0 Å². The van der Waals surface area contributed by atoms with Gasteiger partial charge in [-0.15, -0.1) is 0 Å². The van der Waals surface area contributed by atoms with Crippen LogP contribution in [-0.4, -0.2) is 15.9 Å². The highest BCUT2D eigenvalue weighted by Gasteiger charge is 2.31. The molecular formula is C16H16F3N3O. The summed E-state index contributed by atoms with van der Waals surface area (Å²) in [5.41, 5.74) is -0.609. The zero-order valence-corrected chi connectivity index (χ0v) is 12.4. The summed E-state index contributed by atoms with van der Waals surface area (Å²) >= 11 is 0. The number of nitrogens with zero attached hydrogens (tertiary/aromatic N) is 2. The summed E-state index contributed by atoms with van der Waals surface area (Å²) in [5, 5.41) is 3.15. The van der Waals surface area contributed by atoms with Crippen LogP contribution < -0.4 is 5.32 Å². The lowest BCUT2D eigenvalue weighted by Gasteiger charge is -2.20. The summed E-state index contributed by atoms with van der Waals surface area (Å²) in [5.74, 6) is 0.0899. The third-order valence-electron chi connectivity index (χ3n) is 4.18. The van der Waals surface area contributed by atoms with Gasteiger partial charge in [0.1, 0.15) is 12.1 Å². The van der Waals surface area contributed by atoms with E-state index < -0.39 is 11.7 Å². The van der Waals surface area contributed by atoms with Crippen molar-refractivity contribution in [3.63, 3.8) is 0 Å². The first-order chi connectivity index (χ1) is 10.9. The molecule has 1 fully saturated rings. The van der Waals surface area contributed by atoms with Gasteiger partial charge in [0.2, 0.25) is 5.91 Å². The number of alkyl halides is 3. The highest BCUT2D eigenvalue weighted by Crippen LogP contribution is 2.32. The quantitative estimate of drug-likeness (QED) is 0.902. The molecule has 1 amide bonds. The number of carbonyl (C=O) groups excluding carboxylic acids is 1. The Morgan fingerprint density at radius 3 is 2.57 bits per heavy atom. The van der Waals surface area contributed by atoms with Crippen LogP contribution in [0.4, 0.5) is 19.0 Å². The fourth-order valence-corrected chi connectivity index (χ4v) is 2.92. The molecule has 3 rings (SSSR count). The van der Waals surface area contributed by atoms with Crippen LogP contribution in [0.25, 0.3) is 10.9 Å². The Kier molecular flexibility index (Phi) is 4.19. The monoisotopic (exact) mass is 323 g/mol. The average Bonchev–Trinajstić information content (AvgIpc) is 2.54. The summed E-state index contributed by atoms with van der Waals surface area (Å²) in [7, 11) is 0. The molecule has 7 heteroatoms. The standard InChI is InChI=1S/C16H16F3N3O/c17-16(18,19)11-6-7-12-13(8-11)20-9-21-14(12)22-15(23)10-4-2-1-3-5-10/h6-10H,1-5H2,(H,20,21,22,23). The third-order valence-corrected chi connectivity index (χ3v) is 4.18. The van der Waals surface area contributed by atoms with Crippen molar-refractivity contribution in [2.75, 3.05) is 5.32 Å². The largest absolute Gasteiger partial charge is 0.416 e. The molecule has 1 heterocycles. The molecule has 4 nitrogen and oxygen atoms in total. The highest BCUT2D eigenvalue weighted by molar-refractivity contribution is 6.00. The molecule has 122 valence electrons. The van der Waals surface area contributed by atoms with Crippen molar-refractivity contribution in [1.82, 2.24) is 9.97 Å². The van der Waals surface area contributed by atoms with Crippen LogP contribution >= 0.6 is 0 Å².